The lowest BCUT2D eigenvalue weighted by Crippen LogP contribution is -2.62. The number of hydrogen-bond acceptors (Lipinski definition) is 9. The van der Waals surface area contributed by atoms with Crippen LogP contribution in [0.4, 0.5) is 5.82 Å². The van der Waals surface area contributed by atoms with E-state index in [4.69, 9.17) is 14.5 Å². The summed E-state index contributed by atoms with van der Waals surface area (Å²) in [5, 5.41) is 6.60. The van der Waals surface area contributed by atoms with Gasteiger partial charge in [0.05, 0.1) is 10.9 Å². The number of nitrogens with zero attached hydrogens (tertiary/aromatic N) is 3. The van der Waals surface area contributed by atoms with Crippen molar-refractivity contribution >= 4 is 46.5 Å². The van der Waals surface area contributed by atoms with Crippen molar-refractivity contribution in [3.63, 3.8) is 0 Å². The highest BCUT2D eigenvalue weighted by atomic mass is 16.6. The molecule has 5 rings (SSSR count). The number of ether oxygens (including phenoxy) is 2. The third-order valence-corrected chi connectivity index (χ3v) is 8.23. The molecule has 3 aliphatic heterocycles. The number of carbonyl (C=O) groups is 4. The Balaban J connectivity index is 1.49. The van der Waals surface area contributed by atoms with E-state index < -0.39 is 41.4 Å². The molecular weight excluding hydrogens is 552 g/mol. The van der Waals surface area contributed by atoms with Crippen LogP contribution >= 0.6 is 0 Å². The maximum absolute atomic E-state index is 13.6. The predicted octanol–water partition coefficient (Wildman–Crippen LogP) is 2.09. The van der Waals surface area contributed by atoms with Gasteiger partial charge in [-0.15, -0.1) is 0 Å². The van der Waals surface area contributed by atoms with Crippen LogP contribution in [0.2, 0.25) is 0 Å². The normalized spacial score (nSPS) is 26.9. The van der Waals surface area contributed by atoms with Gasteiger partial charge in [0.15, 0.2) is 6.10 Å². The van der Waals surface area contributed by atoms with E-state index >= 15 is 0 Å². The smallest absolute Gasteiger partial charge is 0.316 e. The summed E-state index contributed by atoms with van der Waals surface area (Å²) < 4.78 is 11.4. The standard InChI is InChI=1S/C31H40N6O6/c1-19-29(40)37-15-5-6-23(34-37)27(38)35-36(4)25-10-9-21-8-7-20(18-24(21)33-25)11-14-31(2,3)30(41)43-26(28(39)32-19)22-12-16-42-17-13-22/h7-11,14,18-19,22-23,26,34H,5-6,12-13,15-17H2,1-4H3,(H,32,39)(H,35,38)/b14-11+/t19-,23-,26-/m0/s1. The summed E-state index contributed by atoms with van der Waals surface area (Å²) in [6.45, 7) is 6.35. The van der Waals surface area contributed by atoms with Crippen LogP contribution in [0.3, 0.4) is 0 Å². The minimum absolute atomic E-state index is 0.250. The molecular formula is C31H40N6O6. The van der Waals surface area contributed by atoms with Gasteiger partial charge < -0.3 is 14.8 Å². The maximum atomic E-state index is 13.6. The van der Waals surface area contributed by atoms with Crippen molar-refractivity contribution in [1.82, 2.24) is 26.2 Å². The van der Waals surface area contributed by atoms with E-state index in [0.717, 1.165) is 10.9 Å². The van der Waals surface area contributed by atoms with Gasteiger partial charge in [0.25, 0.3) is 17.7 Å². The third-order valence-electron chi connectivity index (χ3n) is 8.23. The Kier molecular flexibility index (Phi) is 8.97. The zero-order chi connectivity index (χ0) is 30.7. The molecule has 3 aliphatic rings. The van der Waals surface area contributed by atoms with E-state index in [0.29, 0.717) is 56.8 Å². The van der Waals surface area contributed by atoms with Crippen LogP contribution in [0.15, 0.2) is 36.4 Å². The lowest BCUT2D eigenvalue weighted by atomic mass is 9.90. The molecule has 12 nitrogen and oxygen atoms in total. The number of nitrogens with one attached hydrogen (secondary N) is 3. The molecule has 5 bridgehead atoms. The summed E-state index contributed by atoms with van der Waals surface area (Å²) in [4.78, 5) is 58.3. The Bertz CT molecular complexity index is 1420. The van der Waals surface area contributed by atoms with Crippen molar-refractivity contribution in [3.05, 3.63) is 42.0 Å². The summed E-state index contributed by atoms with van der Waals surface area (Å²) in [6.07, 6.45) is 4.72. The van der Waals surface area contributed by atoms with Crippen molar-refractivity contribution in [1.29, 1.82) is 0 Å². The summed E-state index contributed by atoms with van der Waals surface area (Å²) >= 11 is 0. The largest absolute Gasteiger partial charge is 0.451 e. The van der Waals surface area contributed by atoms with Gasteiger partial charge in [-0.05, 0) is 70.2 Å². The SMILES string of the molecule is C[C@@H]1NC(=O)[C@H](C2CCOCC2)OC(=O)C(C)(C)/C=C/c2ccc3ccc(nc3c2)N(C)NC(=O)[C@@H]2CCCN(N2)C1=O. The number of pyridine rings is 1. The molecule has 1 aromatic carbocycles. The average Bonchev–Trinajstić information content (AvgIpc) is 3.01. The van der Waals surface area contributed by atoms with Gasteiger partial charge in [0.1, 0.15) is 17.9 Å². The third kappa shape index (κ3) is 6.97. The first-order valence-corrected chi connectivity index (χ1v) is 14.8. The topological polar surface area (TPSA) is 142 Å². The number of carbonyl (C=O) groups excluding carboxylic acids is 4. The van der Waals surface area contributed by atoms with Gasteiger partial charge in [0, 0.05) is 38.1 Å². The van der Waals surface area contributed by atoms with Crippen LogP contribution in [0.25, 0.3) is 17.0 Å². The summed E-state index contributed by atoms with van der Waals surface area (Å²) in [5.74, 6) is -1.49. The predicted molar refractivity (Wildman–Crippen MR) is 160 cm³/mol. The molecule has 0 spiro atoms. The Hall–Kier alpha value is -4.03. The van der Waals surface area contributed by atoms with Gasteiger partial charge in [-0.3, -0.25) is 34.6 Å². The Morgan fingerprint density at radius 1 is 1.00 bits per heavy atom. The number of aromatic nitrogens is 1. The molecule has 0 aliphatic carbocycles. The summed E-state index contributed by atoms with van der Waals surface area (Å²) in [7, 11) is 1.71. The number of hydrogen-bond donors (Lipinski definition) is 3. The molecule has 0 saturated carbocycles. The molecule has 4 heterocycles. The van der Waals surface area contributed by atoms with Crippen molar-refractivity contribution < 1.29 is 28.7 Å². The molecule has 3 amide bonds. The molecule has 3 N–H and O–H groups in total. The van der Waals surface area contributed by atoms with Gasteiger partial charge in [0.2, 0.25) is 0 Å². The van der Waals surface area contributed by atoms with Crippen LogP contribution < -0.4 is 21.2 Å². The van der Waals surface area contributed by atoms with E-state index in [1.807, 2.05) is 36.4 Å². The fourth-order valence-electron chi connectivity index (χ4n) is 5.46. The number of rotatable bonds is 1. The molecule has 43 heavy (non-hydrogen) atoms. The number of amides is 3. The van der Waals surface area contributed by atoms with E-state index in [2.05, 4.69) is 16.2 Å². The van der Waals surface area contributed by atoms with E-state index in [1.54, 1.807) is 38.9 Å². The van der Waals surface area contributed by atoms with Gasteiger partial charge in [-0.1, -0.05) is 24.3 Å². The number of fused-ring (bicyclic) bond motifs is 4. The summed E-state index contributed by atoms with van der Waals surface area (Å²) in [5.41, 5.74) is 6.37. The van der Waals surface area contributed by atoms with Gasteiger partial charge in [-0.25, -0.2) is 10.4 Å². The molecule has 0 unspecified atom stereocenters. The van der Waals surface area contributed by atoms with Crippen molar-refractivity contribution in [2.45, 2.75) is 64.6 Å². The first-order valence-electron chi connectivity index (χ1n) is 14.8. The zero-order valence-electron chi connectivity index (χ0n) is 25.1. The number of anilines is 1. The highest BCUT2D eigenvalue weighted by molar-refractivity contribution is 5.92. The van der Waals surface area contributed by atoms with Crippen LogP contribution in [-0.2, 0) is 28.7 Å². The number of cyclic esters (lactones) is 1. The number of benzene rings is 1. The lowest BCUT2D eigenvalue weighted by molar-refractivity contribution is -0.168. The first-order chi connectivity index (χ1) is 20.5. The second-order valence-corrected chi connectivity index (χ2v) is 12.0. The Labute approximate surface area is 251 Å². The van der Waals surface area contributed by atoms with E-state index in [-0.39, 0.29) is 11.8 Å². The fourth-order valence-corrected chi connectivity index (χ4v) is 5.46. The van der Waals surface area contributed by atoms with E-state index in [1.165, 1.54) is 5.01 Å². The van der Waals surface area contributed by atoms with E-state index in [9.17, 15) is 19.2 Å². The Morgan fingerprint density at radius 2 is 1.74 bits per heavy atom. The molecule has 2 aromatic rings. The van der Waals surface area contributed by atoms with Gasteiger partial charge >= 0.3 is 5.97 Å². The fraction of sp³-hybridized carbons (Fsp3) is 0.516. The van der Waals surface area contributed by atoms with Crippen LogP contribution in [0.5, 0.6) is 0 Å². The average molecular weight is 593 g/mol. The highest BCUT2D eigenvalue weighted by Crippen LogP contribution is 2.28. The molecule has 2 fully saturated rings. The second-order valence-electron chi connectivity index (χ2n) is 12.0. The van der Waals surface area contributed by atoms with Crippen LogP contribution in [-0.4, -0.2) is 78.7 Å². The first kappa shape index (κ1) is 30.4. The quantitative estimate of drug-likeness (QED) is 0.425. The minimum atomic E-state index is -1.08. The van der Waals surface area contributed by atoms with Crippen molar-refractivity contribution in [3.8, 4) is 0 Å². The molecule has 230 valence electrons. The molecule has 2 saturated heterocycles. The van der Waals surface area contributed by atoms with Crippen LogP contribution in [0, 0.1) is 11.3 Å². The maximum Gasteiger partial charge on any atom is 0.316 e. The molecule has 12 heteroatoms. The molecule has 1 aromatic heterocycles. The lowest BCUT2D eigenvalue weighted by Gasteiger charge is -2.36. The van der Waals surface area contributed by atoms with Crippen LogP contribution in [0.1, 0.15) is 52.0 Å². The number of esters is 1. The molecule has 3 atom stereocenters. The number of hydrazine groups is 2. The Morgan fingerprint density at radius 3 is 2.51 bits per heavy atom. The minimum Gasteiger partial charge on any atom is -0.451 e. The zero-order valence-corrected chi connectivity index (χ0v) is 25.1. The highest BCUT2D eigenvalue weighted by Gasteiger charge is 2.39. The molecule has 0 radical (unpaired) electrons. The van der Waals surface area contributed by atoms with Gasteiger partial charge in [-0.2, -0.15) is 0 Å². The second kappa shape index (κ2) is 12.7. The van der Waals surface area contributed by atoms with Crippen molar-refractivity contribution in [2.75, 3.05) is 31.8 Å². The van der Waals surface area contributed by atoms with Crippen molar-refractivity contribution in [2.24, 2.45) is 11.3 Å². The summed E-state index contributed by atoms with van der Waals surface area (Å²) in [6, 6.07) is 7.93. The monoisotopic (exact) mass is 592 g/mol.